The van der Waals surface area contributed by atoms with Gasteiger partial charge in [-0.15, -0.1) is 0 Å². The van der Waals surface area contributed by atoms with Crippen LogP contribution in [0.15, 0.2) is 42.5 Å². The molecule has 0 radical (unpaired) electrons. The molecule has 3 rings (SSSR count). The number of carbonyl (C=O) groups is 2. The van der Waals surface area contributed by atoms with Crippen molar-refractivity contribution in [1.29, 1.82) is 0 Å². The molecule has 0 aliphatic carbocycles. The molecule has 0 spiro atoms. The largest absolute Gasteiger partial charge is 0.326 e. The second-order valence-electron chi connectivity index (χ2n) is 5.35. The van der Waals surface area contributed by atoms with Crippen LogP contribution in [0.25, 0.3) is 0 Å². The molecule has 2 aromatic carbocycles. The Morgan fingerprint density at radius 2 is 2.05 bits per heavy atom. The van der Waals surface area contributed by atoms with Gasteiger partial charge < -0.3 is 10.6 Å². The first-order valence-electron chi connectivity index (χ1n) is 7.00. The maximum atomic E-state index is 12.5. The zero-order chi connectivity index (χ0) is 15.7. The molecule has 0 saturated heterocycles. The number of rotatable bonds is 2. The summed E-state index contributed by atoms with van der Waals surface area (Å²) in [5, 5.41) is 6.22. The molecule has 112 valence electrons. The first kappa shape index (κ1) is 14.6. The zero-order valence-electron chi connectivity index (χ0n) is 12.0. The second-order valence-corrected chi connectivity index (χ2v) is 5.75. The highest BCUT2D eigenvalue weighted by atomic mass is 35.5. The first-order chi connectivity index (χ1) is 10.5. The minimum Gasteiger partial charge on any atom is -0.326 e. The van der Waals surface area contributed by atoms with E-state index in [0.29, 0.717) is 16.4 Å². The van der Waals surface area contributed by atoms with Crippen molar-refractivity contribution in [2.24, 2.45) is 0 Å². The van der Waals surface area contributed by atoms with E-state index in [1.807, 2.05) is 31.2 Å². The van der Waals surface area contributed by atoms with Crippen LogP contribution in [0.2, 0.25) is 5.02 Å². The highest BCUT2D eigenvalue weighted by Gasteiger charge is 2.30. The Labute approximate surface area is 133 Å². The van der Waals surface area contributed by atoms with Crippen molar-refractivity contribution in [2.75, 3.05) is 10.6 Å². The minimum absolute atomic E-state index is 0.141. The molecule has 5 heteroatoms. The Hall–Kier alpha value is -2.33. The molecule has 1 aliphatic rings. The molecule has 0 bridgehead atoms. The van der Waals surface area contributed by atoms with Gasteiger partial charge in [-0.25, -0.2) is 0 Å². The van der Waals surface area contributed by atoms with Gasteiger partial charge in [-0.05, 0) is 36.2 Å². The number of halogens is 1. The molecular formula is C17H15ClN2O2. The van der Waals surface area contributed by atoms with Crippen LogP contribution in [-0.4, -0.2) is 11.8 Å². The van der Waals surface area contributed by atoms with Crippen molar-refractivity contribution in [3.8, 4) is 0 Å². The number of carbonyl (C=O) groups excluding carboxylic acids is 2. The molecule has 2 amide bonds. The van der Waals surface area contributed by atoms with Crippen LogP contribution in [0.4, 0.5) is 11.4 Å². The number of fused-ring (bicyclic) bond motifs is 1. The third-order valence-electron chi connectivity index (χ3n) is 3.76. The molecule has 4 nitrogen and oxygen atoms in total. The lowest BCUT2D eigenvalue weighted by molar-refractivity contribution is -0.123. The Morgan fingerprint density at radius 1 is 1.27 bits per heavy atom. The third kappa shape index (κ3) is 2.83. The SMILES string of the molecule is Cc1ccc(NC(=O)[C@@H]2CC(=O)Nc3ccccc32)cc1Cl. The number of hydrogen-bond acceptors (Lipinski definition) is 2. The number of para-hydroxylation sites is 1. The second kappa shape index (κ2) is 5.81. The predicted octanol–water partition coefficient (Wildman–Crippen LogP) is 3.71. The zero-order valence-corrected chi connectivity index (χ0v) is 12.8. The first-order valence-corrected chi connectivity index (χ1v) is 7.38. The van der Waals surface area contributed by atoms with Crippen molar-refractivity contribution in [1.82, 2.24) is 0 Å². The number of hydrogen-bond donors (Lipinski definition) is 2. The van der Waals surface area contributed by atoms with Gasteiger partial charge in [-0.3, -0.25) is 9.59 Å². The fraction of sp³-hybridized carbons (Fsp3) is 0.176. The summed E-state index contributed by atoms with van der Waals surface area (Å²) < 4.78 is 0. The summed E-state index contributed by atoms with van der Waals surface area (Å²) in [4.78, 5) is 24.3. The Morgan fingerprint density at radius 3 is 2.82 bits per heavy atom. The van der Waals surface area contributed by atoms with Gasteiger partial charge in [0, 0.05) is 22.8 Å². The summed E-state index contributed by atoms with van der Waals surface area (Å²) >= 11 is 6.07. The Bertz CT molecular complexity index is 758. The number of amides is 2. The van der Waals surface area contributed by atoms with Gasteiger partial charge in [-0.2, -0.15) is 0 Å². The summed E-state index contributed by atoms with van der Waals surface area (Å²) in [6, 6.07) is 12.7. The van der Waals surface area contributed by atoms with E-state index < -0.39 is 5.92 Å². The number of nitrogens with one attached hydrogen (secondary N) is 2. The normalized spacial score (nSPS) is 16.6. The van der Waals surface area contributed by atoms with Crippen LogP contribution in [0, 0.1) is 6.92 Å². The molecule has 22 heavy (non-hydrogen) atoms. The Balaban J connectivity index is 1.86. The summed E-state index contributed by atoms with van der Waals surface area (Å²) in [5.41, 5.74) is 3.10. The van der Waals surface area contributed by atoms with Crippen molar-refractivity contribution in [2.45, 2.75) is 19.3 Å². The average Bonchev–Trinajstić information content (AvgIpc) is 2.50. The van der Waals surface area contributed by atoms with Crippen LogP contribution in [0.1, 0.15) is 23.5 Å². The smallest absolute Gasteiger partial charge is 0.232 e. The lowest BCUT2D eigenvalue weighted by Gasteiger charge is -2.24. The average molecular weight is 315 g/mol. The summed E-state index contributed by atoms with van der Waals surface area (Å²) in [7, 11) is 0. The topological polar surface area (TPSA) is 58.2 Å². The van der Waals surface area contributed by atoms with E-state index >= 15 is 0 Å². The van der Waals surface area contributed by atoms with Gasteiger partial charge in [0.15, 0.2) is 0 Å². The fourth-order valence-electron chi connectivity index (χ4n) is 2.55. The number of anilines is 2. The van der Waals surface area contributed by atoms with E-state index in [1.54, 1.807) is 18.2 Å². The summed E-state index contributed by atoms with van der Waals surface area (Å²) in [6.45, 7) is 1.90. The molecule has 0 unspecified atom stereocenters. The van der Waals surface area contributed by atoms with E-state index in [1.165, 1.54) is 0 Å². The molecule has 1 heterocycles. The predicted molar refractivity (Wildman–Crippen MR) is 87.2 cm³/mol. The summed E-state index contributed by atoms with van der Waals surface area (Å²) in [6.07, 6.45) is 0.141. The van der Waals surface area contributed by atoms with Crippen molar-refractivity contribution < 1.29 is 9.59 Å². The highest BCUT2D eigenvalue weighted by molar-refractivity contribution is 6.31. The van der Waals surface area contributed by atoms with Gasteiger partial charge in [0.25, 0.3) is 0 Å². The van der Waals surface area contributed by atoms with Gasteiger partial charge >= 0.3 is 0 Å². The van der Waals surface area contributed by atoms with E-state index in [-0.39, 0.29) is 18.2 Å². The third-order valence-corrected chi connectivity index (χ3v) is 4.16. The van der Waals surface area contributed by atoms with E-state index in [2.05, 4.69) is 10.6 Å². The molecular weight excluding hydrogens is 300 g/mol. The van der Waals surface area contributed by atoms with Crippen LogP contribution in [0.3, 0.4) is 0 Å². The monoisotopic (exact) mass is 314 g/mol. The van der Waals surface area contributed by atoms with Crippen molar-refractivity contribution >= 4 is 34.8 Å². The van der Waals surface area contributed by atoms with Gasteiger partial charge in [0.2, 0.25) is 11.8 Å². The van der Waals surface area contributed by atoms with Gasteiger partial charge in [-0.1, -0.05) is 35.9 Å². The summed E-state index contributed by atoms with van der Waals surface area (Å²) in [5.74, 6) is -0.854. The number of benzene rings is 2. The molecule has 2 aromatic rings. The van der Waals surface area contributed by atoms with Crippen molar-refractivity contribution in [3.63, 3.8) is 0 Å². The van der Waals surface area contributed by atoms with E-state index in [0.717, 1.165) is 11.1 Å². The lowest BCUT2D eigenvalue weighted by atomic mass is 9.90. The van der Waals surface area contributed by atoms with Crippen molar-refractivity contribution in [3.05, 3.63) is 58.6 Å². The van der Waals surface area contributed by atoms with Crippen LogP contribution in [-0.2, 0) is 9.59 Å². The molecule has 0 fully saturated rings. The minimum atomic E-state index is -0.495. The van der Waals surface area contributed by atoms with Gasteiger partial charge in [0.1, 0.15) is 0 Å². The molecule has 1 aliphatic heterocycles. The Kier molecular flexibility index (Phi) is 3.86. The van der Waals surface area contributed by atoms with Crippen LogP contribution in [0.5, 0.6) is 0 Å². The van der Waals surface area contributed by atoms with E-state index in [9.17, 15) is 9.59 Å². The van der Waals surface area contributed by atoms with Gasteiger partial charge in [0.05, 0.1) is 5.92 Å². The molecule has 0 saturated carbocycles. The van der Waals surface area contributed by atoms with E-state index in [4.69, 9.17) is 11.6 Å². The lowest BCUT2D eigenvalue weighted by Crippen LogP contribution is -2.30. The fourth-order valence-corrected chi connectivity index (χ4v) is 2.73. The maximum absolute atomic E-state index is 12.5. The molecule has 1 atom stereocenters. The number of aryl methyl sites for hydroxylation is 1. The highest BCUT2D eigenvalue weighted by Crippen LogP contribution is 2.33. The van der Waals surface area contributed by atoms with Crippen LogP contribution >= 0.6 is 11.6 Å². The standard InChI is InChI=1S/C17H15ClN2O2/c1-10-6-7-11(8-14(10)18)19-17(22)13-9-16(21)20-15-5-3-2-4-12(13)15/h2-8,13H,9H2,1H3,(H,19,22)(H,20,21)/t13-/m1/s1. The molecule has 2 N–H and O–H groups in total. The van der Waals surface area contributed by atoms with Crippen LogP contribution < -0.4 is 10.6 Å². The quantitative estimate of drug-likeness (QED) is 0.887. The maximum Gasteiger partial charge on any atom is 0.232 e. The molecule has 0 aromatic heterocycles.